The van der Waals surface area contributed by atoms with Gasteiger partial charge in [-0.3, -0.25) is 9.59 Å². The van der Waals surface area contributed by atoms with Crippen molar-refractivity contribution in [2.45, 2.75) is 38.3 Å². The van der Waals surface area contributed by atoms with Gasteiger partial charge in [-0.15, -0.1) is 0 Å². The summed E-state index contributed by atoms with van der Waals surface area (Å²) in [6, 6.07) is 1.98. The van der Waals surface area contributed by atoms with Gasteiger partial charge in [-0.05, 0) is 25.8 Å². The van der Waals surface area contributed by atoms with Crippen LogP contribution in [-0.4, -0.2) is 35.3 Å². The average molecular weight is 248 g/mol. The topological polar surface area (TPSA) is 62.6 Å². The summed E-state index contributed by atoms with van der Waals surface area (Å²) in [6.07, 6.45) is 3.66. The Morgan fingerprint density at radius 3 is 3.06 bits per heavy atom. The molecule has 2 atom stereocenters. The molecule has 1 aromatic rings. The number of nitrogens with zero attached hydrogens (tertiary/aromatic N) is 1. The number of rotatable bonds is 1. The van der Waals surface area contributed by atoms with Crippen LogP contribution in [0.2, 0.25) is 0 Å². The predicted molar refractivity (Wildman–Crippen MR) is 64.1 cm³/mol. The van der Waals surface area contributed by atoms with Gasteiger partial charge in [0.2, 0.25) is 5.91 Å². The molecule has 3 rings (SSSR count). The lowest BCUT2D eigenvalue weighted by molar-refractivity contribution is -0.123. The van der Waals surface area contributed by atoms with Crippen LogP contribution in [0.5, 0.6) is 0 Å². The van der Waals surface area contributed by atoms with Crippen LogP contribution in [0.4, 0.5) is 0 Å². The Morgan fingerprint density at radius 1 is 1.50 bits per heavy atom. The van der Waals surface area contributed by atoms with Crippen LogP contribution < -0.4 is 5.32 Å². The van der Waals surface area contributed by atoms with Crippen LogP contribution in [0.25, 0.3) is 0 Å². The highest BCUT2D eigenvalue weighted by atomic mass is 16.3. The number of furan rings is 1. The highest BCUT2D eigenvalue weighted by molar-refractivity contribution is 5.95. The fraction of sp³-hybridized carbons (Fsp3) is 0.538. The zero-order chi connectivity index (χ0) is 12.7. The Labute approximate surface area is 105 Å². The first-order valence-electron chi connectivity index (χ1n) is 6.31. The zero-order valence-electron chi connectivity index (χ0n) is 10.3. The van der Waals surface area contributed by atoms with Crippen molar-refractivity contribution >= 4 is 11.8 Å². The lowest BCUT2D eigenvalue weighted by atomic mass is 9.98. The molecule has 3 heterocycles. The minimum Gasteiger partial charge on any atom is -0.469 e. The third-order valence-electron chi connectivity index (χ3n) is 3.91. The van der Waals surface area contributed by atoms with E-state index in [-0.39, 0.29) is 23.9 Å². The molecule has 0 aromatic carbocycles. The molecule has 1 N–H and O–H groups in total. The van der Waals surface area contributed by atoms with E-state index in [1.807, 2.05) is 4.90 Å². The molecule has 0 spiro atoms. The maximum atomic E-state index is 12.4. The summed E-state index contributed by atoms with van der Waals surface area (Å²) in [4.78, 5) is 25.6. The molecule has 2 amide bonds. The van der Waals surface area contributed by atoms with Crippen molar-refractivity contribution in [1.82, 2.24) is 10.2 Å². The number of hydrogen-bond acceptors (Lipinski definition) is 3. The Hall–Kier alpha value is -1.78. The van der Waals surface area contributed by atoms with Gasteiger partial charge >= 0.3 is 0 Å². The predicted octanol–water partition coefficient (Wildman–Crippen LogP) is 1.08. The van der Waals surface area contributed by atoms with Crippen molar-refractivity contribution in [1.29, 1.82) is 0 Å². The summed E-state index contributed by atoms with van der Waals surface area (Å²) in [5, 5.41) is 2.97. The molecule has 96 valence electrons. The second-order valence-electron chi connectivity index (χ2n) is 4.96. The minimum atomic E-state index is 0.0184. The maximum absolute atomic E-state index is 12.4. The number of amides is 2. The maximum Gasteiger partial charge on any atom is 0.257 e. The van der Waals surface area contributed by atoms with Crippen LogP contribution in [0, 0.1) is 6.92 Å². The first-order chi connectivity index (χ1) is 8.66. The molecule has 2 aliphatic heterocycles. The fourth-order valence-corrected chi connectivity index (χ4v) is 2.95. The van der Waals surface area contributed by atoms with Crippen molar-refractivity contribution in [3.05, 3.63) is 23.7 Å². The van der Waals surface area contributed by atoms with E-state index in [2.05, 4.69) is 5.32 Å². The van der Waals surface area contributed by atoms with Crippen LogP contribution in [0.1, 0.15) is 35.4 Å². The lowest BCUT2D eigenvalue weighted by Crippen LogP contribution is -2.50. The monoisotopic (exact) mass is 248 g/mol. The second-order valence-corrected chi connectivity index (χ2v) is 4.96. The van der Waals surface area contributed by atoms with E-state index >= 15 is 0 Å². The zero-order valence-corrected chi connectivity index (χ0v) is 10.3. The number of carbonyl (C=O) groups is 2. The molecule has 0 unspecified atom stereocenters. The van der Waals surface area contributed by atoms with Gasteiger partial charge in [-0.2, -0.15) is 0 Å². The summed E-state index contributed by atoms with van der Waals surface area (Å²) in [5.74, 6) is 0.776. The SMILES string of the molecule is Cc1occc1C(=O)N1CC[C@H]2NC(=O)CC[C@@H]21. The summed E-state index contributed by atoms with van der Waals surface area (Å²) < 4.78 is 5.18. The summed E-state index contributed by atoms with van der Waals surface area (Å²) >= 11 is 0. The molecule has 18 heavy (non-hydrogen) atoms. The highest BCUT2D eigenvalue weighted by Gasteiger charge is 2.41. The molecule has 2 saturated heterocycles. The molecule has 1 aromatic heterocycles. The fourth-order valence-electron chi connectivity index (χ4n) is 2.95. The van der Waals surface area contributed by atoms with Crippen molar-refractivity contribution in [2.75, 3.05) is 6.54 Å². The molecule has 5 heteroatoms. The molecule has 0 aliphatic carbocycles. The number of carbonyl (C=O) groups excluding carboxylic acids is 2. The number of fused-ring (bicyclic) bond motifs is 1. The van der Waals surface area contributed by atoms with Crippen LogP contribution in [-0.2, 0) is 4.79 Å². The molecule has 2 fully saturated rings. The van der Waals surface area contributed by atoms with Gasteiger partial charge in [0.25, 0.3) is 5.91 Å². The van der Waals surface area contributed by atoms with Crippen LogP contribution >= 0.6 is 0 Å². The van der Waals surface area contributed by atoms with E-state index in [1.54, 1.807) is 19.3 Å². The van der Waals surface area contributed by atoms with E-state index < -0.39 is 0 Å². The van der Waals surface area contributed by atoms with Crippen LogP contribution in [0.3, 0.4) is 0 Å². The summed E-state index contributed by atoms with van der Waals surface area (Å²) in [7, 11) is 0. The van der Waals surface area contributed by atoms with E-state index in [0.29, 0.717) is 24.3 Å². The van der Waals surface area contributed by atoms with Crippen LogP contribution in [0.15, 0.2) is 16.7 Å². The van der Waals surface area contributed by atoms with Gasteiger partial charge in [0.05, 0.1) is 23.9 Å². The quantitative estimate of drug-likeness (QED) is 0.809. The molecular weight excluding hydrogens is 232 g/mol. The molecule has 0 radical (unpaired) electrons. The van der Waals surface area contributed by atoms with Gasteiger partial charge in [0.15, 0.2) is 0 Å². The van der Waals surface area contributed by atoms with Crippen molar-refractivity contribution < 1.29 is 14.0 Å². The first-order valence-corrected chi connectivity index (χ1v) is 6.31. The lowest BCUT2D eigenvalue weighted by Gasteiger charge is -2.31. The van der Waals surface area contributed by atoms with Gasteiger partial charge in [-0.1, -0.05) is 0 Å². The van der Waals surface area contributed by atoms with Crippen molar-refractivity contribution in [3.63, 3.8) is 0 Å². The number of aryl methyl sites for hydroxylation is 1. The molecular formula is C13H16N2O3. The smallest absolute Gasteiger partial charge is 0.257 e. The number of piperidine rings is 1. The third kappa shape index (κ3) is 1.70. The highest BCUT2D eigenvalue weighted by Crippen LogP contribution is 2.27. The summed E-state index contributed by atoms with van der Waals surface area (Å²) in [5.41, 5.74) is 0.632. The molecule has 0 saturated carbocycles. The van der Waals surface area contributed by atoms with E-state index in [4.69, 9.17) is 4.42 Å². The molecule has 5 nitrogen and oxygen atoms in total. The molecule has 2 aliphatic rings. The van der Waals surface area contributed by atoms with Crippen molar-refractivity contribution in [2.24, 2.45) is 0 Å². The number of likely N-dealkylation sites (tertiary alicyclic amines) is 1. The Morgan fingerprint density at radius 2 is 2.33 bits per heavy atom. The average Bonchev–Trinajstić information content (AvgIpc) is 2.94. The van der Waals surface area contributed by atoms with E-state index in [1.165, 1.54) is 0 Å². The Balaban J connectivity index is 1.80. The van der Waals surface area contributed by atoms with E-state index in [9.17, 15) is 9.59 Å². The van der Waals surface area contributed by atoms with Gasteiger partial charge < -0.3 is 14.6 Å². The normalized spacial score (nSPS) is 26.9. The largest absolute Gasteiger partial charge is 0.469 e. The number of nitrogens with one attached hydrogen (secondary N) is 1. The first kappa shape index (κ1) is 11.3. The summed E-state index contributed by atoms with van der Waals surface area (Å²) in [6.45, 7) is 2.50. The minimum absolute atomic E-state index is 0.0184. The van der Waals surface area contributed by atoms with Gasteiger partial charge in [0, 0.05) is 13.0 Å². The van der Waals surface area contributed by atoms with E-state index in [0.717, 1.165) is 12.8 Å². The third-order valence-corrected chi connectivity index (χ3v) is 3.91. The van der Waals surface area contributed by atoms with Gasteiger partial charge in [0.1, 0.15) is 5.76 Å². The van der Waals surface area contributed by atoms with Crippen molar-refractivity contribution in [3.8, 4) is 0 Å². The van der Waals surface area contributed by atoms with Gasteiger partial charge in [-0.25, -0.2) is 0 Å². The number of hydrogen-bond donors (Lipinski definition) is 1. The molecule has 0 bridgehead atoms. The second kappa shape index (κ2) is 4.15. The standard InChI is InChI=1S/C13H16N2O3/c1-8-9(5-7-18-8)13(17)15-6-4-10-11(15)2-3-12(16)14-10/h5,7,10-11H,2-4,6H2,1H3,(H,14,16)/t10-,11+/m1/s1. The Bertz CT molecular complexity index is 494. The Kier molecular flexibility index (Phi) is 2.61.